The van der Waals surface area contributed by atoms with Gasteiger partial charge in [0, 0.05) is 25.3 Å². The zero-order valence-electron chi connectivity index (χ0n) is 10.3. The molecule has 0 saturated carbocycles. The lowest BCUT2D eigenvalue weighted by atomic mass is 10.1. The van der Waals surface area contributed by atoms with Crippen LogP contribution in [0.4, 0.5) is 0 Å². The normalized spacial score (nSPS) is 11.7. The van der Waals surface area contributed by atoms with Crippen LogP contribution in [-0.4, -0.2) is 23.9 Å². The molecule has 16 heavy (non-hydrogen) atoms. The summed E-state index contributed by atoms with van der Waals surface area (Å²) in [6.45, 7) is 8.22. The number of nitrogens with one attached hydrogen (secondary N) is 1. The molecule has 0 radical (unpaired) electrons. The van der Waals surface area contributed by atoms with E-state index in [-0.39, 0.29) is 5.60 Å². The van der Waals surface area contributed by atoms with Crippen molar-refractivity contribution in [3.63, 3.8) is 0 Å². The monoisotopic (exact) mass is 223 g/mol. The maximum absolute atomic E-state index is 9.57. The standard InChI is InChI=1S/C13H21NO2/c1-4-16-13(2,3)10-14-9-11-7-5-6-8-12(11)15/h5-8,14-15H,4,9-10H2,1-3H3. The van der Waals surface area contributed by atoms with Gasteiger partial charge in [0.05, 0.1) is 5.60 Å². The van der Waals surface area contributed by atoms with E-state index < -0.39 is 0 Å². The molecule has 90 valence electrons. The first-order valence-corrected chi connectivity index (χ1v) is 5.67. The van der Waals surface area contributed by atoms with E-state index in [4.69, 9.17) is 4.74 Å². The van der Waals surface area contributed by atoms with Gasteiger partial charge in [-0.1, -0.05) is 18.2 Å². The fourth-order valence-electron chi connectivity index (χ4n) is 1.60. The maximum atomic E-state index is 9.57. The summed E-state index contributed by atoms with van der Waals surface area (Å²) in [4.78, 5) is 0. The van der Waals surface area contributed by atoms with Crippen LogP contribution < -0.4 is 5.32 Å². The molecule has 0 aromatic heterocycles. The Morgan fingerprint density at radius 3 is 2.62 bits per heavy atom. The topological polar surface area (TPSA) is 41.5 Å². The molecule has 3 heteroatoms. The van der Waals surface area contributed by atoms with E-state index in [1.165, 1.54) is 0 Å². The molecule has 0 aliphatic carbocycles. The molecule has 0 saturated heterocycles. The maximum Gasteiger partial charge on any atom is 0.120 e. The van der Waals surface area contributed by atoms with Gasteiger partial charge in [0.1, 0.15) is 5.75 Å². The summed E-state index contributed by atoms with van der Waals surface area (Å²) < 4.78 is 5.57. The molecule has 0 fully saturated rings. The third-order valence-corrected chi connectivity index (χ3v) is 2.39. The zero-order chi connectivity index (χ0) is 12.0. The van der Waals surface area contributed by atoms with Gasteiger partial charge in [-0.05, 0) is 26.8 Å². The van der Waals surface area contributed by atoms with Crippen molar-refractivity contribution in [3.05, 3.63) is 29.8 Å². The number of para-hydroxylation sites is 1. The summed E-state index contributed by atoms with van der Waals surface area (Å²) in [7, 11) is 0. The van der Waals surface area contributed by atoms with Crippen molar-refractivity contribution in [2.75, 3.05) is 13.2 Å². The molecule has 0 unspecified atom stereocenters. The van der Waals surface area contributed by atoms with E-state index in [0.717, 1.165) is 12.1 Å². The first-order chi connectivity index (χ1) is 7.55. The largest absolute Gasteiger partial charge is 0.508 e. The van der Waals surface area contributed by atoms with E-state index in [9.17, 15) is 5.11 Å². The Balaban J connectivity index is 2.39. The number of hydrogen-bond acceptors (Lipinski definition) is 3. The number of phenolic OH excluding ortho intramolecular Hbond substituents is 1. The SMILES string of the molecule is CCOC(C)(C)CNCc1ccccc1O. The molecule has 3 nitrogen and oxygen atoms in total. The molecule has 0 heterocycles. The number of hydrogen-bond donors (Lipinski definition) is 2. The Kier molecular flexibility index (Phi) is 4.77. The van der Waals surface area contributed by atoms with Crippen LogP contribution in [0.3, 0.4) is 0 Å². The van der Waals surface area contributed by atoms with Gasteiger partial charge in [-0.25, -0.2) is 0 Å². The summed E-state index contributed by atoms with van der Waals surface area (Å²) in [5, 5.41) is 12.9. The van der Waals surface area contributed by atoms with Crippen LogP contribution >= 0.6 is 0 Å². The highest BCUT2D eigenvalue weighted by Gasteiger charge is 2.16. The molecule has 0 atom stereocenters. The fourth-order valence-corrected chi connectivity index (χ4v) is 1.60. The van der Waals surface area contributed by atoms with Crippen LogP contribution in [0.1, 0.15) is 26.3 Å². The molecule has 1 rings (SSSR count). The Hall–Kier alpha value is -1.06. The number of benzene rings is 1. The van der Waals surface area contributed by atoms with E-state index >= 15 is 0 Å². The van der Waals surface area contributed by atoms with E-state index in [0.29, 0.717) is 18.9 Å². The van der Waals surface area contributed by atoms with Crippen LogP contribution in [0, 0.1) is 0 Å². The Labute approximate surface area is 97.4 Å². The van der Waals surface area contributed by atoms with Gasteiger partial charge in [0.15, 0.2) is 0 Å². The summed E-state index contributed by atoms with van der Waals surface area (Å²) in [5.74, 6) is 0.337. The fraction of sp³-hybridized carbons (Fsp3) is 0.538. The lowest BCUT2D eigenvalue weighted by Gasteiger charge is -2.25. The Morgan fingerprint density at radius 1 is 1.31 bits per heavy atom. The molecule has 2 N–H and O–H groups in total. The van der Waals surface area contributed by atoms with Crippen LogP contribution in [-0.2, 0) is 11.3 Å². The van der Waals surface area contributed by atoms with Crippen LogP contribution in [0.5, 0.6) is 5.75 Å². The van der Waals surface area contributed by atoms with Crippen LogP contribution in [0.15, 0.2) is 24.3 Å². The number of rotatable bonds is 6. The minimum Gasteiger partial charge on any atom is -0.508 e. The molecule has 0 aliphatic heterocycles. The summed E-state index contributed by atoms with van der Waals surface area (Å²) >= 11 is 0. The minimum absolute atomic E-state index is 0.168. The van der Waals surface area contributed by atoms with E-state index in [1.54, 1.807) is 6.07 Å². The van der Waals surface area contributed by atoms with Crippen molar-refractivity contribution >= 4 is 0 Å². The summed E-state index contributed by atoms with van der Waals surface area (Å²) in [6.07, 6.45) is 0. The quantitative estimate of drug-likeness (QED) is 0.777. The van der Waals surface area contributed by atoms with Crippen molar-refractivity contribution in [2.24, 2.45) is 0 Å². The van der Waals surface area contributed by atoms with Gasteiger partial charge < -0.3 is 15.2 Å². The van der Waals surface area contributed by atoms with Gasteiger partial charge in [-0.3, -0.25) is 0 Å². The first kappa shape index (κ1) is 13.0. The van der Waals surface area contributed by atoms with Crippen LogP contribution in [0.2, 0.25) is 0 Å². The first-order valence-electron chi connectivity index (χ1n) is 5.67. The van der Waals surface area contributed by atoms with Crippen molar-refractivity contribution < 1.29 is 9.84 Å². The highest BCUT2D eigenvalue weighted by Crippen LogP contribution is 2.15. The van der Waals surface area contributed by atoms with Gasteiger partial charge in [-0.2, -0.15) is 0 Å². The van der Waals surface area contributed by atoms with Crippen molar-refractivity contribution in [3.8, 4) is 5.75 Å². The van der Waals surface area contributed by atoms with Gasteiger partial charge in [-0.15, -0.1) is 0 Å². The van der Waals surface area contributed by atoms with E-state index in [2.05, 4.69) is 5.32 Å². The zero-order valence-corrected chi connectivity index (χ0v) is 10.3. The number of aromatic hydroxyl groups is 1. The molecule has 1 aromatic rings. The molecule has 0 spiro atoms. The smallest absolute Gasteiger partial charge is 0.120 e. The Morgan fingerprint density at radius 2 is 2.00 bits per heavy atom. The summed E-state index contributed by atoms with van der Waals surface area (Å²) in [5.41, 5.74) is 0.744. The second-order valence-electron chi connectivity index (χ2n) is 4.42. The number of ether oxygens (including phenoxy) is 1. The average Bonchev–Trinajstić information content (AvgIpc) is 2.20. The Bertz CT molecular complexity index is 323. The van der Waals surface area contributed by atoms with Crippen molar-refractivity contribution in [1.82, 2.24) is 5.32 Å². The molecule has 1 aromatic carbocycles. The second kappa shape index (κ2) is 5.87. The van der Waals surface area contributed by atoms with Crippen LogP contribution in [0.25, 0.3) is 0 Å². The molecular formula is C13H21NO2. The molecule has 0 bridgehead atoms. The highest BCUT2D eigenvalue weighted by molar-refractivity contribution is 5.31. The predicted molar refractivity (Wildman–Crippen MR) is 65.5 cm³/mol. The predicted octanol–water partition coefficient (Wildman–Crippen LogP) is 2.30. The lowest BCUT2D eigenvalue weighted by Crippen LogP contribution is -2.37. The summed E-state index contributed by atoms with van der Waals surface area (Å²) in [6, 6.07) is 7.36. The van der Waals surface area contributed by atoms with E-state index in [1.807, 2.05) is 39.0 Å². The lowest BCUT2D eigenvalue weighted by molar-refractivity contribution is -0.00900. The van der Waals surface area contributed by atoms with Crippen molar-refractivity contribution in [1.29, 1.82) is 0 Å². The average molecular weight is 223 g/mol. The third-order valence-electron chi connectivity index (χ3n) is 2.39. The molecular weight excluding hydrogens is 202 g/mol. The van der Waals surface area contributed by atoms with Gasteiger partial charge in [0.25, 0.3) is 0 Å². The molecule has 0 amide bonds. The van der Waals surface area contributed by atoms with Gasteiger partial charge >= 0.3 is 0 Å². The van der Waals surface area contributed by atoms with Crippen molar-refractivity contribution in [2.45, 2.75) is 32.9 Å². The minimum atomic E-state index is -0.168. The number of phenols is 1. The molecule has 0 aliphatic rings. The highest BCUT2D eigenvalue weighted by atomic mass is 16.5. The third kappa shape index (κ3) is 4.21. The second-order valence-corrected chi connectivity index (χ2v) is 4.42. The van der Waals surface area contributed by atoms with Gasteiger partial charge in [0.2, 0.25) is 0 Å².